The Morgan fingerprint density at radius 1 is 1.22 bits per heavy atom. The number of ether oxygens (including phenoxy) is 2. The quantitative estimate of drug-likeness (QED) is 0.537. The minimum Gasteiger partial charge on any atom is -0.474 e. The second-order valence-electron chi connectivity index (χ2n) is 9.39. The summed E-state index contributed by atoms with van der Waals surface area (Å²) in [7, 11) is -3.55. The SMILES string of the molecule is Cc1c(Nc2ccc(S(C)(=O)=O)cc2F)ncnc1OC1CC2COCC(C1)N2CC(C)C(F)(F)F. The summed E-state index contributed by atoms with van der Waals surface area (Å²) in [6.07, 6.45) is -1.32. The van der Waals surface area contributed by atoms with E-state index in [0.29, 0.717) is 31.6 Å². The Balaban J connectivity index is 1.46. The maximum Gasteiger partial charge on any atom is 0.392 e. The average molecular weight is 533 g/mol. The largest absolute Gasteiger partial charge is 0.474 e. The van der Waals surface area contributed by atoms with E-state index in [4.69, 9.17) is 9.47 Å². The predicted octanol–water partition coefficient (Wildman–Crippen LogP) is 3.88. The summed E-state index contributed by atoms with van der Waals surface area (Å²) in [4.78, 5) is 10.1. The second-order valence-corrected chi connectivity index (χ2v) is 11.4. The molecule has 0 spiro atoms. The Hall–Kier alpha value is -2.51. The van der Waals surface area contributed by atoms with Crippen molar-refractivity contribution in [1.29, 1.82) is 0 Å². The van der Waals surface area contributed by atoms with Gasteiger partial charge in [-0.15, -0.1) is 0 Å². The van der Waals surface area contributed by atoms with E-state index in [1.807, 2.05) is 4.90 Å². The summed E-state index contributed by atoms with van der Waals surface area (Å²) in [5.74, 6) is -1.64. The van der Waals surface area contributed by atoms with Crippen LogP contribution in [0.2, 0.25) is 0 Å². The summed E-state index contributed by atoms with van der Waals surface area (Å²) < 4.78 is 88.9. The Morgan fingerprint density at radius 2 is 1.89 bits per heavy atom. The van der Waals surface area contributed by atoms with E-state index in [2.05, 4.69) is 15.3 Å². The van der Waals surface area contributed by atoms with E-state index in [1.165, 1.54) is 25.4 Å². The number of nitrogens with one attached hydrogen (secondary N) is 1. The molecular weight excluding hydrogens is 504 g/mol. The van der Waals surface area contributed by atoms with E-state index in [0.717, 1.165) is 12.3 Å². The summed E-state index contributed by atoms with van der Waals surface area (Å²) >= 11 is 0. The number of morpholine rings is 1. The fraction of sp³-hybridized carbons (Fsp3) is 0.565. The van der Waals surface area contributed by atoms with E-state index < -0.39 is 27.7 Å². The molecule has 0 aliphatic carbocycles. The molecule has 198 valence electrons. The van der Waals surface area contributed by atoms with Crippen molar-refractivity contribution in [3.8, 4) is 5.88 Å². The van der Waals surface area contributed by atoms with Gasteiger partial charge in [0.1, 0.15) is 24.1 Å². The second kappa shape index (κ2) is 10.1. The summed E-state index contributed by atoms with van der Waals surface area (Å²) in [5, 5.41) is 2.84. The van der Waals surface area contributed by atoms with Crippen LogP contribution in [0.4, 0.5) is 29.1 Å². The maximum absolute atomic E-state index is 14.5. The van der Waals surface area contributed by atoms with E-state index >= 15 is 0 Å². The number of aromatic nitrogens is 2. The third-order valence-electron chi connectivity index (χ3n) is 6.61. The number of rotatable bonds is 7. The Kier molecular flexibility index (Phi) is 7.45. The maximum atomic E-state index is 14.5. The lowest BCUT2D eigenvalue weighted by Crippen LogP contribution is -2.60. The molecule has 2 aliphatic heterocycles. The molecule has 0 saturated carbocycles. The molecule has 4 rings (SSSR count). The predicted molar refractivity (Wildman–Crippen MR) is 124 cm³/mol. The van der Waals surface area contributed by atoms with Gasteiger partial charge in [0.15, 0.2) is 9.84 Å². The zero-order valence-electron chi connectivity index (χ0n) is 20.0. The fourth-order valence-electron chi connectivity index (χ4n) is 4.55. The van der Waals surface area contributed by atoms with Gasteiger partial charge in [0, 0.05) is 37.7 Å². The molecule has 2 bridgehead atoms. The lowest BCUT2D eigenvalue weighted by Gasteiger charge is -2.49. The molecule has 3 atom stereocenters. The normalized spacial score (nSPS) is 23.8. The summed E-state index contributed by atoms with van der Waals surface area (Å²) in [5.41, 5.74) is 0.549. The van der Waals surface area contributed by atoms with Crippen LogP contribution in [0.25, 0.3) is 0 Å². The van der Waals surface area contributed by atoms with Crippen LogP contribution in [0.1, 0.15) is 25.3 Å². The van der Waals surface area contributed by atoms with Crippen LogP contribution in [-0.2, 0) is 14.6 Å². The van der Waals surface area contributed by atoms with Crippen molar-refractivity contribution in [3.63, 3.8) is 0 Å². The Bertz CT molecular complexity index is 1200. The summed E-state index contributed by atoms with van der Waals surface area (Å²) in [6.45, 7) is 3.47. The lowest BCUT2D eigenvalue weighted by molar-refractivity contribution is -0.187. The molecule has 1 aromatic carbocycles. The molecular formula is C23H28F4N4O4S. The van der Waals surface area contributed by atoms with Crippen LogP contribution >= 0.6 is 0 Å². The molecule has 1 N–H and O–H groups in total. The number of nitrogens with zero attached hydrogens (tertiary/aromatic N) is 3. The topological polar surface area (TPSA) is 93.7 Å². The van der Waals surface area contributed by atoms with Crippen LogP contribution in [0.5, 0.6) is 5.88 Å². The van der Waals surface area contributed by atoms with Crippen LogP contribution in [0.3, 0.4) is 0 Å². The lowest BCUT2D eigenvalue weighted by atomic mass is 9.90. The minimum absolute atomic E-state index is 0.0360. The van der Waals surface area contributed by atoms with Crippen molar-refractivity contribution in [2.75, 3.05) is 31.3 Å². The highest BCUT2D eigenvalue weighted by Gasteiger charge is 2.44. The van der Waals surface area contributed by atoms with E-state index in [-0.39, 0.29) is 47.0 Å². The van der Waals surface area contributed by atoms with Crippen molar-refractivity contribution in [2.45, 2.75) is 55.9 Å². The van der Waals surface area contributed by atoms with Gasteiger partial charge in [0.05, 0.1) is 35.3 Å². The van der Waals surface area contributed by atoms with Crippen LogP contribution in [0, 0.1) is 18.7 Å². The van der Waals surface area contributed by atoms with Crippen molar-refractivity contribution >= 4 is 21.3 Å². The molecule has 2 aromatic rings. The molecule has 0 amide bonds. The number of alkyl halides is 3. The number of halogens is 4. The standard InChI is InChI=1S/C23H28F4N4O4S/c1-13(23(25,26)27)9-31-15-6-17(7-16(31)11-34-10-15)35-22-14(2)21(28-12-29-22)30-20-5-4-18(8-19(20)24)36(3,32)33/h4-5,8,12-13,15-17H,6-7,9-11H2,1-3H3,(H,28,29,30). The Labute approximate surface area is 206 Å². The smallest absolute Gasteiger partial charge is 0.392 e. The number of hydrogen-bond donors (Lipinski definition) is 1. The van der Waals surface area contributed by atoms with Gasteiger partial charge >= 0.3 is 6.18 Å². The van der Waals surface area contributed by atoms with Crippen molar-refractivity contribution < 1.29 is 35.5 Å². The third kappa shape index (κ3) is 5.89. The van der Waals surface area contributed by atoms with Gasteiger partial charge in [0.2, 0.25) is 5.88 Å². The van der Waals surface area contributed by atoms with Gasteiger partial charge in [-0.1, -0.05) is 6.92 Å². The van der Waals surface area contributed by atoms with Gasteiger partial charge in [0.25, 0.3) is 0 Å². The minimum atomic E-state index is -4.26. The number of piperidine rings is 1. The van der Waals surface area contributed by atoms with Gasteiger partial charge in [-0.2, -0.15) is 13.2 Å². The number of fused-ring (bicyclic) bond motifs is 2. The van der Waals surface area contributed by atoms with Crippen molar-refractivity contribution in [3.05, 3.63) is 35.9 Å². The number of anilines is 2. The molecule has 3 heterocycles. The van der Waals surface area contributed by atoms with Gasteiger partial charge in [-0.3, -0.25) is 4.90 Å². The zero-order chi connectivity index (χ0) is 26.3. The van der Waals surface area contributed by atoms with Crippen molar-refractivity contribution in [1.82, 2.24) is 14.9 Å². The average Bonchev–Trinajstić information content (AvgIpc) is 2.76. The molecule has 2 fully saturated rings. The highest BCUT2D eigenvalue weighted by Crippen LogP contribution is 2.35. The van der Waals surface area contributed by atoms with Crippen molar-refractivity contribution in [2.24, 2.45) is 5.92 Å². The third-order valence-corrected chi connectivity index (χ3v) is 7.72. The highest BCUT2D eigenvalue weighted by atomic mass is 32.2. The molecule has 13 heteroatoms. The Morgan fingerprint density at radius 3 is 2.47 bits per heavy atom. The first-order chi connectivity index (χ1) is 16.8. The van der Waals surface area contributed by atoms with Gasteiger partial charge < -0.3 is 14.8 Å². The highest BCUT2D eigenvalue weighted by molar-refractivity contribution is 7.90. The number of benzene rings is 1. The fourth-order valence-corrected chi connectivity index (χ4v) is 5.18. The first kappa shape index (κ1) is 26.6. The molecule has 2 aliphatic rings. The molecule has 1 aromatic heterocycles. The van der Waals surface area contributed by atoms with Gasteiger partial charge in [-0.25, -0.2) is 22.8 Å². The molecule has 0 radical (unpaired) electrons. The van der Waals surface area contributed by atoms with E-state index in [9.17, 15) is 26.0 Å². The van der Waals surface area contributed by atoms with E-state index in [1.54, 1.807) is 6.92 Å². The number of hydrogen-bond acceptors (Lipinski definition) is 8. The molecule has 36 heavy (non-hydrogen) atoms. The molecule has 2 saturated heterocycles. The van der Waals surface area contributed by atoms with Crippen LogP contribution in [-0.4, -0.2) is 73.7 Å². The zero-order valence-corrected chi connectivity index (χ0v) is 20.9. The van der Waals surface area contributed by atoms with Crippen LogP contribution < -0.4 is 10.1 Å². The first-order valence-corrected chi connectivity index (χ1v) is 13.4. The summed E-state index contributed by atoms with van der Waals surface area (Å²) in [6, 6.07) is 3.14. The van der Waals surface area contributed by atoms with Crippen LogP contribution in [0.15, 0.2) is 29.4 Å². The first-order valence-electron chi connectivity index (χ1n) is 11.5. The number of sulfone groups is 1. The molecule has 3 unspecified atom stereocenters. The van der Waals surface area contributed by atoms with Gasteiger partial charge in [-0.05, 0) is 25.1 Å². The monoisotopic (exact) mass is 532 g/mol. The molecule has 8 nitrogen and oxygen atoms in total.